The molecule has 5 rings (SSSR count). The quantitative estimate of drug-likeness (QED) is 0.0138. The second-order valence-electron chi connectivity index (χ2n) is 17.1. The number of hydrogen-bond acceptors (Lipinski definition) is 21. The fraction of sp³-hybridized carbons (Fsp3) is 0.822. The molecule has 0 radical (unpaired) electrons. The number of hydrogen-bond donors (Lipinski definition) is 10. The van der Waals surface area contributed by atoms with Crippen LogP contribution >= 0.6 is 22.6 Å². The molecule has 0 spiro atoms. The van der Waals surface area contributed by atoms with Crippen molar-refractivity contribution in [1.82, 2.24) is 5.32 Å². The summed E-state index contributed by atoms with van der Waals surface area (Å²) in [6.45, 7) is 14.6. The third-order valence-electron chi connectivity index (χ3n) is 11.0. The maximum atomic E-state index is 12.9. The Labute approximate surface area is 477 Å². The largest absolute Gasteiger partial charge is 1.00 e. The minimum atomic E-state index is -1.11. The van der Waals surface area contributed by atoms with Crippen molar-refractivity contribution in [3.05, 3.63) is 28.8 Å². The molecule has 4 aliphatic rings. The van der Waals surface area contributed by atoms with Crippen molar-refractivity contribution in [3.8, 4) is 0 Å². The van der Waals surface area contributed by atoms with Gasteiger partial charge < -0.3 is 95.0 Å². The molecule has 1 amide bonds. The molecule has 71 heavy (non-hydrogen) atoms. The molecule has 0 unspecified atom stereocenters. The molecule has 0 bridgehead atoms. The number of nitrogens with one attached hydrogen (secondary N) is 1. The van der Waals surface area contributed by atoms with E-state index >= 15 is 0 Å². The Morgan fingerprint density at radius 1 is 0.789 bits per heavy atom. The first-order valence-electron chi connectivity index (χ1n) is 22.2. The maximum absolute atomic E-state index is 12.9. The van der Waals surface area contributed by atoms with Crippen LogP contribution < -0.4 is 67.4 Å². The number of esters is 1. The first-order valence-corrected chi connectivity index (χ1v) is 24.4. The summed E-state index contributed by atoms with van der Waals surface area (Å²) in [6.07, 6.45) is 1.60. The number of fused-ring (bicyclic) bond motifs is 1. The molecule has 23 nitrogen and oxygen atoms in total. The zero-order valence-corrected chi connectivity index (χ0v) is 48.2. The van der Waals surface area contributed by atoms with Crippen LogP contribution in [0.1, 0.15) is 76.4 Å². The Morgan fingerprint density at radius 3 is 1.48 bits per heavy atom. The maximum Gasteiger partial charge on any atom is 1.00 e. The molecular weight excluding hydrogens is 1080 g/mol. The zero-order chi connectivity index (χ0) is 52.4. The van der Waals surface area contributed by atoms with Gasteiger partial charge in [0.2, 0.25) is 0 Å². The van der Waals surface area contributed by atoms with Gasteiger partial charge in [-0.3, -0.25) is 9.83 Å². The van der Waals surface area contributed by atoms with Crippen LogP contribution in [0.3, 0.4) is 0 Å². The molecule has 0 aliphatic carbocycles. The first kappa shape index (κ1) is 79.7. The van der Waals surface area contributed by atoms with Gasteiger partial charge in [0.25, 0.3) is 5.91 Å². The summed E-state index contributed by atoms with van der Waals surface area (Å²) in [5, 5.41) is 92.9. The van der Waals surface area contributed by atoms with Crippen LogP contribution in [0.15, 0.2) is 12.1 Å². The van der Waals surface area contributed by atoms with Gasteiger partial charge in [0.05, 0.1) is 133 Å². The SMILES string of the molecule is C.CCC(CC)OO[O-].CCO.CI.COCC1(CO)COC1.COCC1(COC(=O)[C@@H](NC(=O)c2ccc3c(c2C)B(O)OC3)C(C)C)COC1.O.OCC(CO)(CO)CO.OCC1(CO)COC1.[K+]. The number of ether oxygens (including phenoxy) is 6. The predicted octanol–water partition coefficient (Wildman–Crippen LogP) is -4.99. The third kappa shape index (κ3) is 27.6. The number of benzene rings is 1. The van der Waals surface area contributed by atoms with Gasteiger partial charge in [-0.05, 0) is 60.2 Å². The van der Waals surface area contributed by atoms with E-state index in [0.717, 1.165) is 18.4 Å². The number of aliphatic hydroxyl groups excluding tert-OH is 8. The molecule has 416 valence electrons. The van der Waals surface area contributed by atoms with E-state index in [2.05, 4.69) is 37.8 Å². The summed E-state index contributed by atoms with van der Waals surface area (Å²) >= 11 is 2.15. The number of rotatable bonds is 21. The van der Waals surface area contributed by atoms with E-state index < -0.39 is 56.9 Å². The second kappa shape index (κ2) is 44.9. The summed E-state index contributed by atoms with van der Waals surface area (Å²) in [4.78, 5) is 31.8. The average Bonchev–Trinajstić information content (AvgIpc) is 3.70. The third-order valence-corrected chi connectivity index (χ3v) is 11.0. The van der Waals surface area contributed by atoms with Gasteiger partial charge >= 0.3 is 64.5 Å². The van der Waals surface area contributed by atoms with Crippen LogP contribution in [-0.4, -0.2) is 214 Å². The van der Waals surface area contributed by atoms with Crippen molar-refractivity contribution in [2.75, 3.05) is 131 Å². The minimum Gasteiger partial charge on any atom is -0.692 e. The minimum absolute atomic E-state index is 0. The zero-order valence-electron chi connectivity index (χ0n) is 42.9. The van der Waals surface area contributed by atoms with Gasteiger partial charge in [0.1, 0.15) is 12.6 Å². The van der Waals surface area contributed by atoms with Gasteiger partial charge in [-0.2, -0.15) is 0 Å². The summed E-state index contributed by atoms with van der Waals surface area (Å²) < 4.78 is 35.8. The van der Waals surface area contributed by atoms with Crippen LogP contribution in [0.2, 0.25) is 0 Å². The summed E-state index contributed by atoms with van der Waals surface area (Å²) in [7, 11) is 2.20. The Hall–Kier alpha value is -0.169. The van der Waals surface area contributed by atoms with Crippen molar-refractivity contribution >= 4 is 47.0 Å². The molecular formula is C45H88BIKNO22. The molecule has 1 aromatic rings. The van der Waals surface area contributed by atoms with E-state index in [4.69, 9.17) is 73.9 Å². The van der Waals surface area contributed by atoms with E-state index in [1.54, 1.807) is 40.2 Å². The predicted molar refractivity (Wildman–Crippen MR) is 266 cm³/mol. The topological polar surface area (TPSA) is 366 Å². The molecule has 26 heteroatoms. The number of halogens is 1. The average molecular weight is 1170 g/mol. The Bertz CT molecular complexity index is 1420. The number of carbonyl (C=O) groups is 2. The van der Waals surface area contributed by atoms with E-state index in [9.17, 15) is 19.9 Å². The fourth-order valence-corrected chi connectivity index (χ4v) is 6.01. The standard InChI is InChI=1S/C20H28BNO7.C6H12O3.C5H12O4.C5H10O3.C5H12O3.C2H6O.CH3I.CH4.K.H2O/c1-12(2)17(19(24)28-11-20(8-26-4)9-27-10-20)22-18(23)15-6-5-14-7-29-21(25)16(14)13(15)3;1-8-3-6(2-7)4-9-5-6;6-1-5(2-7,3-8)4-9;6-1-5(2-7)3-8-4-5;1-3-5(4-2)7-8-6;1-2-3;1-2;;;/h5-6,12,17,25H,7-11H2,1-4H3,(H,22,23);7H,2-5H2,1H3;6-9H,1-4H2;6-7H,1-4H2;5-6H,3-4H2,1-2H3;3H,2H2,1H3;1H3;1H4;;1H2/q;;;;;;;;+1;/p-1/t17-;;;;;;;;;/m0........./s1. The van der Waals surface area contributed by atoms with Crippen LogP contribution in [0.5, 0.6) is 0 Å². The Morgan fingerprint density at radius 2 is 1.21 bits per heavy atom. The van der Waals surface area contributed by atoms with E-state index in [0.29, 0.717) is 76.1 Å². The van der Waals surface area contributed by atoms with Crippen LogP contribution in [-0.2, 0) is 54.4 Å². The fourth-order valence-electron chi connectivity index (χ4n) is 6.01. The molecule has 0 aromatic heterocycles. The van der Waals surface area contributed by atoms with Gasteiger partial charge in [0, 0.05) is 26.4 Å². The van der Waals surface area contributed by atoms with Crippen molar-refractivity contribution in [2.45, 2.75) is 80.6 Å². The number of methoxy groups -OCH3 is 2. The summed E-state index contributed by atoms with van der Waals surface area (Å²) in [5.41, 5.74) is 0.712. The summed E-state index contributed by atoms with van der Waals surface area (Å²) in [5.74, 6) is -1.04. The van der Waals surface area contributed by atoms with Crippen molar-refractivity contribution in [1.29, 1.82) is 0 Å². The number of carbonyl (C=O) groups excluding carboxylic acids is 2. The van der Waals surface area contributed by atoms with Crippen LogP contribution in [0.4, 0.5) is 0 Å². The molecule has 12 N–H and O–H groups in total. The van der Waals surface area contributed by atoms with E-state index in [1.807, 2.05) is 32.6 Å². The number of amides is 1. The molecule has 3 saturated heterocycles. The number of alkyl halides is 1. The number of aliphatic hydroxyl groups is 8. The first-order chi connectivity index (χ1) is 32.4. The van der Waals surface area contributed by atoms with Crippen molar-refractivity contribution in [3.63, 3.8) is 0 Å². The monoisotopic (exact) mass is 1170 g/mol. The molecule has 4 aliphatic heterocycles. The van der Waals surface area contributed by atoms with Crippen molar-refractivity contribution < 1.29 is 161 Å². The smallest absolute Gasteiger partial charge is 0.692 e. The molecule has 4 heterocycles. The molecule has 1 atom stereocenters. The summed E-state index contributed by atoms with van der Waals surface area (Å²) in [6, 6.07) is 2.66. The molecule has 0 saturated carbocycles. The Balaban J connectivity index is -0.000000285. The van der Waals surface area contributed by atoms with Gasteiger partial charge in [0.15, 0.2) is 0 Å². The Kier molecular flexibility index (Phi) is 50.4. The van der Waals surface area contributed by atoms with E-state index in [-0.39, 0.29) is 126 Å². The molecule has 1 aromatic carbocycles. The van der Waals surface area contributed by atoms with Crippen molar-refractivity contribution in [2.24, 2.45) is 27.6 Å². The van der Waals surface area contributed by atoms with E-state index in [1.165, 1.54) is 0 Å². The van der Waals surface area contributed by atoms with Crippen LogP contribution in [0.25, 0.3) is 0 Å². The van der Waals surface area contributed by atoms with Crippen LogP contribution in [0, 0.1) is 34.5 Å². The van der Waals surface area contributed by atoms with Gasteiger partial charge in [-0.1, -0.05) is 63.8 Å². The second-order valence-corrected chi connectivity index (χ2v) is 17.1. The molecule has 3 fully saturated rings. The van der Waals surface area contributed by atoms with Gasteiger partial charge in [-0.25, -0.2) is 9.68 Å². The normalized spacial score (nSPS) is 16.2. The van der Waals surface area contributed by atoms with Gasteiger partial charge in [-0.15, -0.1) is 0 Å².